The molecule has 0 aliphatic rings. The first-order valence-electron chi connectivity index (χ1n) is 20.8. The maximum absolute atomic E-state index is 12.1. The van der Waals surface area contributed by atoms with Crippen LogP contribution in [0.15, 0.2) is 12.2 Å². The van der Waals surface area contributed by atoms with Crippen LogP contribution in [0.1, 0.15) is 226 Å². The molecule has 1 N–H and O–H groups in total. The molecule has 0 saturated heterocycles. The lowest BCUT2D eigenvalue weighted by molar-refractivity contribution is -0.154. The summed E-state index contributed by atoms with van der Waals surface area (Å²) in [5.74, 6) is -0.206. The van der Waals surface area contributed by atoms with Gasteiger partial charge in [-0.05, 0) is 38.5 Å². The lowest BCUT2D eigenvalue weighted by atomic mass is 10.0. The van der Waals surface area contributed by atoms with Gasteiger partial charge in [0, 0.05) is 13.0 Å². The normalized spacial score (nSPS) is 12.3. The summed E-state index contributed by atoms with van der Waals surface area (Å²) in [6.07, 6.45) is 47.0. The molecular weight excluding hydrogens is 568 g/mol. The number of rotatable bonds is 39. The van der Waals surface area contributed by atoms with Crippen LogP contribution in [0.4, 0.5) is 0 Å². The van der Waals surface area contributed by atoms with Crippen LogP contribution in [-0.4, -0.2) is 37.0 Å². The van der Waals surface area contributed by atoms with E-state index in [1.165, 1.54) is 186 Å². The van der Waals surface area contributed by atoms with Crippen molar-refractivity contribution in [3.63, 3.8) is 0 Å². The minimum Gasteiger partial charge on any atom is -0.457 e. The van der Waals surface area contributed by atoms with E-state index in [9.17, 15) is 9.90 Å². The van der Waals surface area contributed by atoms with Gasteiger partial charge in [0.15, 0.2) is 0 Å². The first-order chi connectivity index (χ1) is 22.7. The summed E-state index contributed by atoms with van der Waals surface area (Å²) in [5.41, 5.74) is 0. The Morgan fingerprint density at radius 1 is 0.500 bits per heavy atom. The van der Waals surface area contributed by atoms with Gasteiger partial charge >= 0.3 is 5.97 Å². The number of esters is 1. The molecule has 4 nitrogen and oxygen atoms in total. The van der Waals surface area contributed by atoms with E-state index in [0.717, 1.165) is 19.3 Å². The van der Waals surface area contributed by atoms with Crippen molar-refractivity contribution in [1.29, 1.82) is 0 Å². The molecule has 0 saturated carbocycles. The number of carbonyl (C=O) groups is 1. The molecule has 0 aliphatic carbocycles. The van der Waals surface area contributed by atoms with Crippen molar-refractivity contribution in [3.05, 3.63) is 12.2 Å². The highest BCUT2D eigenvalue weighted by molar-refractivity contribution is 5.69. The topological polar surface area (TPSA) is 55.8 Å². The molecule has 0 fully saturated rings. The lowest BCUT2D eigenvalue weighted by Crippen LogP contribution is -2.27. The van der Waals surface area contributed by atoms with Crippen LogP contribution in [0.2, 0.25) is 0 Å². The zero-order chi connectivity index (χ0) is 33.4. The van der Waals surface area contributed by atoms with Crippen molar-refractivity contribution < 1.29 is 19.4 Å². The molecule has 0 spiro atoms. The fourth-order valence-corrected chi connectivity index (χ4v) is 6.21. The van der Waals surface area contributed by atoms with Crippen LogP contribution in [0, 0.1) is 0 Å². The Morgan fingerprint density at radius 2 is 0.848 bits per heavy atom. The van der Waals surface area contributed by atoms with Crippen LogP contribution in [-0.2, 0) is 14.3 Å². The maximum Gasteiger partial charge on any atom is 0.306 e. The Morgan fingerprint density at radius 3 is 1.28 bits per heavy atom. The second kappa shape index (κ2) is 40.3. The third-order valence-corrected chi connectivity index (χ3v) is 9.34. The van der Waals surface area contributed by atoms with Crippen LogP contribution in [0.3, 0.4) is 0 Å². The largest absolute Gasteiger partial charge is 0.457 e. The molecule has 0 rings (SSSR count). The van der Waals surface area contributed by atoms with E-state index in [1.807, 2.05) is 0 Å². The Bertz CT molecular complexity index is 604. The molecule has 0 amide bonds. The first kappa shape index (κ1) is 45.1. The lowest BCUT2D eigenvalue weighted by Gasteiger charge is -2.15. The van der Waals surface area contributed by atoms with Gasteiger partial charge < -0.3 is 14.6 Å². The van der Waals surface area contributed by atoms with E-state index in [-0.39, 0.29) is 12.6 Å². The predicted molar refractivity (Wildman–Crippen MR) is 201 cm³/mol. The summed E-state index contributed by atoms with van der Waals surface area (Å²) in [4.78, 5) is 12.1. The first-order valence-corrected chi connectivity index (χ1v) is 20.8. The van der Waals surface area contributed by atoms with E-state index in [2.05, 4.69) is 26.0 Å². The molecular formula is C42H82O4. The molecule has 0 aromatic rings. The molecule has 0 bridgehead atoms. The highest BCUT2D eigenvalue weighted by Crippen LogP contribution is 2.15. The fraction of sp³-hybridized carbons (Fsp3) is 0.929. The number of allylic oxidation sites excluding steroid dienone is 2. The second-order valence-corrected chi connectivity index (χ2v) is 14.1. The molecule has 0 aromatic carbocycles. The van der Waals surface area contributed by atoms with Gasteiger partial charge in [-0.3, -0.25) is 4.79 Å². The minimum atomic E-state index is -0.531. The highest BCUT2D eigenvalue weighted by atomic mass is 16.6. The van der Waals surface area contributed by atoms with Gasteiger partial charge in [0.2, 0.25) is 0 Å². The van der Waals surface area contributed by atoms with Gasteiger partial charge in [0.1, 0.15) is 6.10 Å². The van der Waals surface area contributed by atoms with Crippen LogP contribution in [0.5, 0.6) is 0 Å². The smallest absolute Gasteiger partial charge is 0.306 e. The van der Waals surface area contributed by atoms with E-state index in [0.29, 0.717) is 19.6 Å². The minimum absolute atomic E-state index is 0.170. The second-order valence-electron chi connectivity index (χ2n) is 14.1. The predicted octanol–water partition coefficient (Wildman–Crippen LogP) is 13.4. The average molecular weight is 651 g/mol. The summed E-state index contributed by atoms with van der Waals surface area (Å²) in [7, 11) is 0. The summed E-state index contributed by atoms with van der Waals surface area (Å²) >= 11 is 0. The standard InChI is InChI=1S/C42H82O4/c1-3-5-7-9-11-13-15-17-18-19-20-21-22-23-24-25-26-28-30-32-34-36-38-45-40-41(39-43)46-42(44)37-35-33-31-29-27-16-14-12-10-8-6-4-2/h12,14,41,43H,3-11,13,15-40H2,1-2H3/b14-12-. The maximum atomic E-state index is 12.1. The van der Waals surface area contributed by atoms with Crippen LogP contribution >= 0.6 is 0 Å². The van der Waals surface area contributed by atoms with E-state index in [1.54, 1.807) is 0 Å². The van der Waals surface area contributed by atoms with Gasteiger partial charge in [0.05, 0.1) is 13.2 Å². The molecule has 1 unspecified atom stereocenters. The van der Waals surface area contributed by atoms with E-state index >= 15 is 0 Å². The van der Waals surface area contributed by atoms with Crippen molar-refractivity contribution in [3.8, 4) is 0 Å². The molecule has 46 heavy (non-hydrogen) atoms. The zero-order valence-corrected chi connectivity index (χ0v) is 31.4. The number of aliphatic hydroxyl groups excluding tert-OH is 1. The molecule has 274 valence electrons. The number of aliphatic hydroxyl groups is 1. The van der Waals surface area contributed by atoms with Gasteiger partial charge in [-0.1, -0.05) is 193 Å². The van der Waals surface area contributed by atoms with Gasteiger partial charge in [-0.15, -0.1) is 0 Å². The zero-order valence-electron chi connectivity index (χ0n) is 31.4. The van der Waals surface area contributed by atoms with Crippen molar-refractivity contribution >= 4 is 5.97 Å². The highest BCUT2D eigenvalue weighted by Gasteiger charge is 2.13. The molecule has 4 heteroatoms. The van der Waals surface area contributed by atoms with Gasteiger partial charge in [0.25, 0.3) is 0 Å². The van der Waals surface area contributed by atoms with Crippen LogP contribution in [0.25, 0.3) is 0 Å². The van der Waals surface area contributed by atoms with Gasteiger partial charge in [-0.2, -0.15) is 0 Å². The van der Waals surface area contributed by atoms with Crippen molar-refractivity contribution in [2.75, 3.05) is 19.8 Å². The Balaban J connectivity index is 3.34. The number of hydrogen-bond acceptors (Lipinski definition) is 4. The van der Waals surface area contributed by atoms with Crippen molar-refractivity contribution in [2.45, 2.75) is 232 Å². The molecule has 0 radical (unpaired) electrons. The SMILES string of the molecule is CCCCC/C=C\CCCCCCCC(=O)OC(CO)COCCCCCCCCCCCCCCCCCCCCCCCC. The monoisotopic (exact) mass is 651 g/mol. The fourth-order valence-electron chi connectivity index (χ4n) is 6.21. The third-order valence-electron chi connectivity index (χ3n) is 9.34. The summed E-state index contributed by atoms with van der Waals surface area (Å²) in [6.45, 7) is 5.35. The van der Waals surface area contributed by atoms with Crippen molar-refractivity contribution in [1.82, 2.24) is 0 Å². The molecule has 0 heterocycles. The molecule has 0 aromatic heterocycles. The number of carbonyl (C=O) groups excluding carboxylic acids is 1. The number of unbranched alkanes of at least 4 members (excludes halogenated alkanes) is 29. The Kier molecular flexibility index (Phi) is 39.5. The van der Waals surface area contributed by atoms with E-state index < -0.39 is 6.10 Å². The van der Waals surface area contributed by atoms with E-state index in [4.69, 9.17) is 9.47 Å². The van der Waals surface area contributed by atoms with Gasteiger partial charge in [-0.25, -0.2) is 0 Å². The van der Waals surface area contributed by atoms with Crippen LogP contribution < -0.4 is 0 Å². The third kappa shape index (κ3) is 37.6. The number of ether oxygens (including phenoxy) is 2. The average Bonchev–Trinajstić information content (AvgIpc) is 3.06. The molecule has 0 aliphatic heterocycles. The Labute approximate surface area is 288 Å². The Hall–Kier alpha value is -0.870. The summed E-state index contributed by atoms with van der Waals surface area (Å²) in [5, 5.41) is 9.57. The number of hydrogen-bond donors (Lipinski definition) is 1. The van der Waals surface area contributed by atoms with Crippen molar-refractivity contribution in [2.24, 2.45) is 0 Å². The molecule has 1 atom stereocenters. The summed E-state index contributed by atoms with van der Waals surface area (Å²) < 4.78 is 11.1. The quantitative estimate of drug-likeness (QED) is 0.0408. The summed E-state index contributed by atoms with van der Waals surface area (Å²) in [6, 6.07) is 0.